The molecule has 2 heterocycles. The Morgan fingerprint density at radius 1 is 0.750 bits per heavy atom. The van der Waals surface area contributed by atoms with Crippen LogP contribution < -0.4 is 0 Å². The summed E-state index contributed by atoms with van der Waals surface area (Å²) in [5.41, 5.74) is 0. The highest BCUT2D eigenvalue weighted by Crippen LogP contribution is 2.39. The molecule has 0 aromatic heterocycles. The van der Waals surface area contributed by atoms with Gasteiger partial charge in [-0.05, 0) is 6.42 Å². The molecule has 2 rings (SSSR count). The molecule has 14 nitrogen and oxygen atoms in total. The quantitative estimate of drug-likeness (QED) is 0.0798. The Labute approximate surface area is 258 Å². The highest BCUT2D eigenvalue weighted by atomic mass is 16.8. The van der Waals surface area contributed by atoms with Crippen LogP contribution in [0.3, 0.4) is 0 Å². The number of rotatable bonds is 18. The lowest BCUT2D eigenvalue weighted by Crippen LogP contribution is -2.65. The van der Waals surface area contributed by atoms with Gasteiger partial charge in [0.25, 0.3) is 0 Å². The maximum atomic E-state index is 13.0. The lowest BCUT2D eigenvalue weighted by molar-refractivity contribution is -0.384. The van der Waals surface area contributed by atoms with E-state index in [-0.39, 0.29) is 6.42 Å². The number of carbonyl (C=O) groups is 3. The molecule has 0 amide bonds. The van der Waals surface area contributed by atoms with Gasteiger partial charge in [-0.15, -0.1) is 0 Å². The molecule has 44 heavy (non-hydrogen) atoms. The molecule has 0 unspecified atom stereocenters. The molecule has 9 atom stereocenters. The molecule has 0 aromatic rings. The Bertz CT molecular complexity index is 897. The minimum atomic E-state index is -2.35. The Morgan fingerprint density at radius 2 is 1.32 bits per heavy atom. The number of carbonyl (C=O) groups excluding carboxylic acids is 3. The van der Waals surface area contributed by atoms with E-state index in [2.05, 4.69) is 6.92 Å². The van der Waals surface area contributed by atoms with Crippen LogP contribution in [0, 0.1) is 11.8 Å². The van der Waals surface area contributed by atoms with Gasteiger partial charge in [-0.3, -0.25) is 14.4 Å². The summed E-state index contributed by atoms with van der Waals surface area (Å²) >= 11 is 0. The zero-order chi connectivity index (χ0) is 33.0. The van der Waals surface area contributed by atoms with E-state index in [9.17, 15) is 39.9 Å². The van der Waals surface area contributed by atoms with Gasteiger partial charge in [0.15, 0.2) is 18.3 Å². The lowest BCUT2D eigenvalue weighted by atomic mass is 9.97. The second kappa shape index (κ2) is 18.3. The second-order valence-electron chi connectivity index (χ2n) is 12.0. The molecule has 0 spiro atoms. The van der Waals surface area contributed by atoms with Gasteiger partial charge in [0.2, 0.25) is 12.1 Å². The first-order valence-corrected chi connectivity index (χ1v) is 15.7. The number of ether oxygens (including phenoxy) is 6. The summed E-state index contributed by atoms with van der Waals surface area (Å²) in [5.74, 6) is -5.85. The minimum Gasteiger partial charge on any atom is -0.455 e. The number of hydrogen-bond donors (Lipinski definition) is 5. The Morgan fingerprint density at radius 3 is 1.86 bits per heavy atom. The maximum absolute atomic E-state index is 13.0. The van der Waals surface area contributed by atoms with Gasteiger partial charge in [-0.25, -0.2) is 0 Å². The number of aliphatic hydroxyl groups excluding tert-OH is 5. The molecule has 0 saturated carbocycles. The van der Waals surface area contributed by atoms with Crippen molar-refractivity contribution in [2.75, 3.05) is 19.8 Å². The second-order valence-corrected chi connectivity index (χ2v) is 12.0. The smallest absolute Gasteiger partial charge is 0.308 e. The Kier molecular flexibility index (Phi) is 15.9. The molecule has 2 saturated heterocycles. The third-order valence-electron chi connectivity index (χ3n) is 7.68. The summed E-state index contributed by atoms with van der Waals surface area (Å²) in [6.45, 7) is 5.79. The van der Waals surface area contributed by atoms with Gasteiger partial charge >= 0.3 is 17.9 Å². The van der Waals surface area contributed by atoms with Crippen molar-refractivity contribution in [2.45, 2.75) is 141 Å². The van der Waals surface area contributed by atoms with E-state index in [1.807, 2.05) is 0 Å². The van der Waals surface area contributed by atoms with E-state index >= 15 is 0 Å². The van der Waals surface area contributed by atoms with Crippen LogP contribution in [0.15, 0.2) is 0 Å². The molecule has 0 bridgehead atoms. The van der Waals surface area contributed by atoms with E-state index in [0.29, 0.717) is 6.42 Å². The van der Waals surface area contributed by atoms with E-state index < -0.39 is 104 Å². The van der Waals surface area contributed by atoms with Gasteiger partial charge in [0.05, 0.1) is 25.0 Å². The molecule has 5 N–H and O–H groups in total. The van der Waals surface area contributed by atoms with Crippen LogP contribution in [0.4, 0.5) is 0 Å². The number of aliphatic hydroxyl groups is 5. The lowest BCUT2D eigenvalue weighted by Gasteiger charge is -2.45. The molecule has 2 fully saturated rings. The summed E-state index contributed by atoms with van der Waals surface area (Å²) in [6.07, 6.45) is -6.06. The predicted octanol–water partition coefficient (Wildman–Crippen LogP) is 0.710. The topological polar surface area (TPSA) is 208 Å². The molecule has 0 aliphatic carbocycles. The third kappa shape index (κ3) is 10.0. The van der Waals surface area contributed by atoms with Crippen molar-refractivity contribution in [3.05, 3.63) is 0 Å². The average molecular weight is 637 g/mol. The Balaban J connectivity index is 2.38. The van der Waals surface area contributed by atoms with Crippen molar-refractivity contribution in [3.63, 3.8) is 0 Å². The maximum Gasteiger partial charge on any atom is 0.308 e. The van der Waals surface area contributed by atoms with Crippen LogP contribution in [-0.4, -0.2) is 118 Å². The normalized spacial score (nSPS) is 32.2. The van der Waals surface area contributed by atoms with Crippen molar-refractivity contribution in [1.29, 1.82) is 0 Å². The average Bonchev–Trinajstić information content (AvgIpc) is 3.25. The molecular formula is C30H52O14. The molecule has 14 heteroatoms. The highest BCUT2D eigenvalue weighted by molar-refractivity contribution is 5.72. The van der Waals surface area contributed by atoms with Crippen molar-refractivity contribution < 1.29 is 68.3 Å². The van der Waals surface area contributed by atoms with Crippen LogP contribution in [0.5, 0.6) is 0 Å². The van der Waals surface area contributed by atoms with Crippen LogP contribution in [0.1, 0.15) is 86.0 Å². The Hall–Kier alpha value is -1.91. The predicted molar refractivity (Wildman–Crippen MR) is 153 cm³/mol. The first kappa shape index (κ1) is 38.3. The summed E-state index contributed by atoms with van der Waals surface area (Å²) in [4.78, 5) is 38.2. The van der Waals surface area contributed by atoms with Crippen molar-refractivity contribution >= 4 is 17.9 Å². The first-order valence-electron chi connectivity index (χ1n) is 15.7. The van der Waals surface area contributed by atoms with E-state index in [1.54, 1.807) is 27.7 Å². The van der Waals surface area contributed by atoms with Crippen LogP contribution in [0.25, 0.3) is 0 Å². The largest absolute Gasteiger partial charge is 0.455 e. The van der Waals surface area contributed by atoms with E-state index in [0.717, 1.165) is 38.5 Å². The van der Waals surface area contributed by atoms with Gasteiger partial charge < -0.3 is 54.0 Å². The number of unbranched alkanes of at least 4 members (excludes halogenated alkanes) is 6. The van der Waals surface area contributed by atoms with E-state index in [4.69, 9.17) is 28.4 Å². The number of esters is 3. The molecule has 256 valence electrons. The van der Waals surface area contributed by atoms with Crippen molar-refractivity contribution in [1.82, 2.24) is 0 Å². The summed E-state index contributed by atoms with van der Waals surface area (Å²) in [7, 11) is 0. The van der Waals surface area contributed by atoms with E-state index in [1.165, 1.54) is 0 Å². The monoisotopic (exact) mass is 636 g/mol. The summed E-state index contributed by atoms with van der Waals surface area (Å²) in [5, 5.41) is 52.0. The molecule has 2 aliphatic rings. The van der Waals surface area contributed by atoms with Crippen molar-refractivity contribution in [2.24, 2.45) is 11.8 Å². The zero-order valence-corrected chi connectivity index (χ0v) is 26.5. The van der Waals surface area contributed by atoms with Gasteiger partial charge in [0.1, 0.15) is 31.0 Å². The molecule has 0 aromatic carbocycles. The third-order valence-corrected chi connectivity index (χ3v) is 7.68. The van der Waals surface area contributed by atoms with Crippen LogP contribution in [0.2, 0.25) is 0 Å². The van der Waals surface area contributed by atoms with Crippen LogP contribution >= 0.6 is 0 Å². The van der Waals surface area contributed by atoms with Gasteiger partial charge in [-0.2, -0.15) is 0 Å². The van der Waals surface area contributed by atoms with Crippen LogP contribution in [-0.2, 0) is 42.8 Å². The standard InChI is InChI=1S/C30H52O14/c1-6-7-8-9-10-11-12-13-21(34)40-25-24(41-27(37)17(2)3)22(35)19(14-31)39-29(25)44-30(16-33)26(42-28(38)18(4)5)23(36)20(15-32)43-30/h17-20,22-26,29,31-33,35-36H,6-16H2,1-5H3/t19-,20-,22+,23+,24+,25+,26+,29+,30+/m0/s1. The number of hydrogen-bond acceptors (Lipinski definition) is 14. The highest BCUT2D eigenvalue weighted by Gasteiger charge is 2.62. The van der Waals surface area contributed by atoms with Crippen molar-refractivity contribution in [3.8, 4) is 0 Å². The summed E-state index contributed by atoms with van der Waals surface area (Å²) in [6, 6.07) is 0. The fourth-order valence-corrected chi connectivity index (χ4v) is 4.97. The summed E-state index contributed by atoms with van der Waals surface area (Å²) < 4.78 is 34.0. The molecular weight excluding hydrogens is 584 g/mol. The molecule has 2 aliphatic heterocycles. The minimum absolute atomic E-state index is 0.00292. The fraction of sp³-hybridized carbons (Fsp3) is 0.900. The molecule has 0 radical (unpaired) electrons. The SMILES string of the molecule is CCCCCCCCCC(=O)O[C@H]1[C@@H](O[C@@]2(CO)O[C@@H](CO)[C@@H](O)[C@H]2OC(=O)C(C)C)O[C@@H](CO)[C@@H](O)[C@H]1OC(=O)C(C)C. The van der Waals surface area contributed by atoms with Gasteiger partial charge in [-0.1, -0.05) is 73.1 Å². The fourth-order valence-electron chi connectivity index (χ4n) is 4.97. The van der Waals surface area contributed by atoms with Gasteiger partial charge in [0, 0.05) is 6.42 Å². The first-order chi connectivity index (χ1) is 20.8. The zero-order valence-electron chi connectivity index (χ0n) is 26.5.